The fourth-order valence-electron chi connectivity index (χ4n) is 3.54. The molecular formula is C23H32N4O3. The lowest BCUT2D eigenvalue weighted by Gasteiger charge is -2.37. The summed E-state index contributed by atoms with van der Waals surface area (Å²) in [4.78, 5) is 9.21. The quantitative estimate of drug-likeness (QED) is 0.395. The lowest BCUT2D eigenvalue weighted by Crippen LogP contribution is -2.52. The van der Waals surface area contributed by atoms with Crippen LogP contribution in [0.4, 0.5) is 5.69 Å². The van der Waals surface area contributed by atoms with Gasteiger partial charge in [-0.2, -0.15) is 0 Å². The molecule has 1 fully saturated rings. The van der Waals surface area contributed by atoms with Crippen molar-refractivity contribution >= 4 is 11.6 Å². The van der Waals surface area contributed by atoms with Gasteiger partial charge in [0.2, 0.25) is 0 Å². The number of nitrogens with zero attached hydrogens (tertiary/aromatic N) is 3. The second-order valence-corrected chi connectivity index (χ2v) is 7.06. The van der Waals surface area contributed by atoms with Gasteiger partial charge in [-0.05, 0) is 25.1 Å². The van der Waals surface area contributed by atoms with Gasteiger partial charge in [0.25, 0.3) is 0 Å². The monoisotopic (exact) mass is 412 g/mol. The molecule has 0 aliphatic carbocycles. The first-order chi connectivity index (χ1) is 14.7. The molecule has 0 aromatic heterocycles. The van der Waals surface area contributed by atoms with Crippen molar-refractivity contribution in [2.45, 2.75) is 13.5 Å². The van der Waals surface area contributed by atoms with E-state index in [9.17, 15) is 5.11 Å². The van der Waals surface area contributed by atoms with Crippen molar-refractivity contribution in [1.29, 1.82) is 0 Å². The molecule has 1 heterocycles. The number of rotatable bonds is 8. The molecule has 0 atom stereocenters. The summed E-state index contributed by atoms with van der Waals surface area (Å²) in [7, 11) is 1.67. The molecule has 0 saturated carbocycles. The third kappa shape index (κ3) is 5.79. The van der Waals surface area contributed by atoms with E-state index < -0.39 is 0 Å². The second-order valence-electron chi connectivity index (χ2n) is 7.06. The van der Waals surface area contributed by atoms with Gasteiger partial charge in [-0.3, -0.25) is 4.99 Å². The molecule has 30 heavy (non-hydrogen) atoms. The zero-order valence-electron chi connectivity index (χ0n) is 17.9. The average Bonchev–Trinajstić information content (AvgIpc) is 2.79. The summed E-state index contributed by atoms with van der Waals surface area (Å²) < 4.78 is 11.2. The van der Waals surface area contributed by atoms with Crippen LogP contribution in [0.25, 0.3) is 0 Å². The highest BCUT2D eigenvalue weighted by atomic mass is 16.5. The summed E-state index contributed by atoms with van der Waals surface area (Å²) in [5, 5.41) is 13.5. The third-order valence-corrected chi connectivity index (χ3v) is 5.08. The molecule has 0 unspecified atom stereocenters. The molecule has 2 aromatic rings. The lowest BCUT2D eigenvalue weighted by molar-refractivity contribution is 0.126. The molecule has 0 spiro atoms. The van der Waals surface area contributed by atoms with Crippen LogP contribution in [0.2, 0.25) is 0 Å². The lowest BCUT2D eigenvalue weighted by atomic mass is 10.2. The first kappa shape index (κ1) is 21.8. The number of guanidine groups is 1. The Balaban J connectivity index is 1.48. The summed E-state index contributed by atoms with van der Waals surface area (Å²) in [5.41, 5.74) is 1.93. The van der Waals surface area contributed by atoms with Crippen LogP contribution in [0, 0.1) is 0 Å². The molecule has 2 aromatic carbocycles. The number of piperazine rings is 1. The third-order valence-electron chi connectivity index (χ3n) is 5.08. The molecule has 3 rings (SSSR count). The number of nitrogens with one attached hydrogen (secondary N) is 1. The number of ether oxygens (including phenoxy) is 2. The maximum absolute atomic E-state index is 10.1. The molecule has 162 valence electrons. The van der Waals surface area contributed by atoms with Crippen LogP contribution in [0.5, 0.6) is 11.5 Å². The maximum atomic E-state index is 10.1. The highest BCUT2D eigenvalue weighted by Crippen LogP contribution is 2.27. The fraction of sp³-hybridized carbons (Fsp3) is 0.435. The minimum absolute atomic E-state index is 0.332. The van der Waals surface area contributed by atoms with Crippen molar-refractivity contribution in [3.63, 3.8) is 0 Å². The first-order valence-corrected chi connectivity index (χ1v) is 10.5. The van der Waals surface area contributed by atoms with Gasteiger partial charge < -0.3 is 29.7 Å². The van der Waals surface area contributed by atoms with E-state index in [1.54, 1.807) is 13.2 Å². The summed E-state index contributed by atoms with van der Waals surface area (Å²) >= 11 is 0. The number of methoxy groups -OCH3 is 1. The average molecular weight is 413 g/mol. The minimum atomic E-state index is 0.332. The van der Waals surface area contributed by atoms with Crippen molar-refractivity contribution in [2.24, 2.45) is 4.99 Å². The molecule has 0 amide bonds. The van der Waals surface area contributed by atoms with E-state index in [-0.39, 0.29) is 0 Å². The van der Waals surface area contributed by atoms with Crippen molar-refractivity contribution in [3.05, 3.63) is 54.1 Å². The Morgan fingerprint density at radius 1 is 1.07 bits per heavy atom. The van der Waals surface area contributed by atoms with Gasteiger partial charge in [0.15, 0.2) is 5.96 Å². The van der Waals surface area contributed by atoms with Crippen LogP contribution in [-0.2, 0) is 11.3 Å². The van der Waals surface area contributed by atoms with E-state index in [4.69, 9.17) is 14.5 Å². The largest absolute Gasteiger partial charge is 0.506 e. The first-order valence-electron chi connectivity index (χ1n) is 10.5. The molecule has 2 N–H and O–H groups in total. The van der Waals surface area contributed by atoms with Gasteiger partial charge in [0, 0.05) is 38.3 Å². The standard InChI is InChI=1S/C23H32N4O3/c1-3-24-23(25-12-17-30-18-19-8-4-7-11-22(19)29-2)27-15-13-26(14-16-27)20-9-5-6-10-21(20)28/h4-11,28H,3,12-18H2,1-2H3,(H,24,25). The molecule has 1 aliphatic rings. The van der Waals surface area contributed by atoms with Crippen molar-refractivity contribution in [1.82, 2.24) is 10.2 Å². The van der Waals surface area contributed by atoms with Crippen LogP contribution in [0.1, 0.15) is 12.5 Å². The number of aromatic hydroxyl groups is 1. The maximum Gasteiger partial charge on any atom is 0.194 e. The summed E-state index contributed by atoms with van der Waals surface area (Å²) in [6.45, 7) is 7.92. The van der Waals surface area contributed by atoms with E-state index in [0.717, 1.165) is 55.7 Å². The number of anilines is 1. The molecule has 1 aliphatic heterocycles. The number of hydrogen-bond acceptors (Lipinski definition) is 5. The van der Waals surface area contributed by atoms with E-state index in [0.29, 0.717) is 25.5 Å². The number of hydrogen-bond donors (Lipinski definition) is 2. The van der Waals surface area contributed by atoms with Crippen LogP contribution >= 0.6 is 0 Å². The topological polar surface area (TPSA) is 69.6 Å². The van der Waals surface area contributed by atoms with Gasteiger partial charge in [-0.15, -0.1) is 0 Å². The Hall–Kier alpha value is -2.93. The molecule has 0 bridgehead atoms. The van der Waals surface area contributed by atoms with E-state index in [1.165, 1.54) is 0 Å². The highest BCUT2D eigenvalue weighted by molar-refractivity contribution is 5.80. The Kier molecular flexibility index (Phi) is 8.20. The van der Waals surface area contributed by atoms with Gasteiger partial charge >= 0.3 is 0 Å². The molecule has 7 heteroatoms. The molecule has 7 nitrogen and oxygen atoms in total. The van der Waals surface area contributed by atoms with Gasteiger partial charge in [0.05, 0.1) is 32.6 Å². The van der Waals surface area contributed by atoms with Crippen molar-refractivity contribution in [3.8, 4) is 11.5 Å². The number of aliphatic imine (C=N–C) groups is 1. The number of benzene rings is 2. The van der Waals surface area contributed by atoms with E-state index >= 15 is 0 Å². The molecule has 1 saturated heterocycles. The van der Waals surface area contributed by atoms with E-state index in [2.05, 4.69) is 22.0 Å². The zero-order valence-corrected chi connectivity index (χ0v) is 17.9. The number of para-hydroxylation sites is 3. The number of phenolic OH excluding ortho intramolecular Hbond substituents is 1. The van der Waals surface area contributed by atoms with Crippen LogP contribution in [-0.4, -0.2) is 69.0 Å². The Labute approximate surface area is 178 Å². The predicted octanol–water partition coefficient (Wildman–Crippen LogP) is 2.71. The van der Waals surface area contributed by atoms with Gasteiger partial charge in [-0.25, -0.2) is 0 Å². The van der Waals surface area contributed by atoms with Crippen LogP contribution in [0.3, 0.4) is 0 Å². The van der Waals surface area contributed by atoms with Crippen LogP contribution < -0.4 is 15.0 Å². The van der Waals surface area contributed by atoms with Crippen LogP contribution in [0.15, 0.2) is 53.5 Å². The molecular weight excluding hydrogens is 380 g/mol. The summed E-state index contributed by atoms with van der Waals surface area (Å²) in [5.74, 6) is 2.09. The van der Waals surface area contributed by atoms with E-state index in [1.807, 2.05) is 42.5 Å². The fourth-order valence-corrected chi connectivity index (χ4v) is 3.54. The summed E-state index contributed by atoms with van der Waals surface area (Å²) in [6, 6.07) is 15.4. The SMILES string of the molecule is CCNC(=NCCOCc1ccccc1OC)N1CCN(c2ccccc2O)CC1. The Morgan fingerprint density at radius 2 is 1.80 bits per heavy atom. The highest BCUT2D eigenvalue weighted by Gasteiger charge is 2.21. The number of phenols is 1. The molecule has 0 radical (unpaired) electrons. The Bertz CT molecular complexity index is 820. The van der Waals surface area contributed by atoms with Crippen molar-refractivity contribution < 1.29 is 14.6 Å². The zero-order chi connectivity index (χ0) is 21.2. The smallest absolute Gasteiger partial charge is 0.194 e. The Morgan fingerprint density at radius 3 is 2.53 bits per heavy atom. The second kappa shape index (κ2) is 11.3. The van der Waals surface area contributed by atoms with Gasteiger partial charge in [-0.1, -0.05) is 30.3 Å². The predicted molar refractivity (Wildman–Crippen MR) is 121 cm³/mol. The summed E-state index contributed by atoms with van der Waals surface area (Å²) in [6.07, 6.45) is 0. The normalized spacial score (nSPS) is 14.7. The van der Waals surface area contributed by atoms with Crippen molar-refractivity contribution in [2.75, 3.05) is 57.9 Å². The van der Waals surface area contributed by atoms with Gasteiger partial charge in [0.1, 0.15) is 11.5 Å². The minimum Gasteiger partial charge on any atom is -0.506 e.